The van der Waals surface area contributed by atoms with Crippen molar-refractivity contribution in [3.8, 4) is 0 Å². The van der Waals surface area contributed by atoms with Gasteiger partial charge in [-0.3, -0.25) is 0 Å². The van der Waals surface area contributed by atoms with Gasteiger partial charge in [0.25, 0.3) is 0 Å². The number of fused-ring (bicyclic) bond motifs is 1. The highest BCUT2D eigenvalue weighted by molar-refractivity contribution is 6.17. The normalized spacial score (nSPS) is 14.9. The Balaban J connectivity index is 1.94. The Morgan fingerprint density at radius 1 is 0.947 bits per heavy atom. The first-order valence-corrected chi connectivity index (χ1v) is 7.37. The Labute approximate surface area is 119 Å². The van der Waals surface area contributed by atoms with Crippen molar-refractivity contribution in [2.75, 3.05) is 11.4 Å². The Kier molecular flexibility index (Phi) is 3.74. The molecule has 2 heteroatoms. The van der Waals surface area contributed by atoms with Crippen molar-refractivity contribution in [3.05, 3.63) is 65.2 Å². The van der Waals surface area contributed by atoms with Crippen LogP contribution in [0.5, 0.6) is 0 Å². The van der Waals surface area contributed by atoms with E-state index >= 15 is 0 Å². The summed E-state index contributed by atoms with van der Waals surface area (Å²) in [6, 6.07) is 17.3. The minimum absolute atomic E-state index is 0.578. The fourth-order valence-electron chi connectivity index (χ4n) is 2.84. The van der Waals surface area contributed by atoms with E-state index in [1.54, 1.807) is 0 Å². The molecule has 0 N–H and O–H groups in total. The molecule has 0 bridgehead atoms. The van der Waals surface area contributed by atoms with Gasteiger partial charge in [-0.1, -0.05) is 42.5 Å². The van der Waals surface area contributed by atoms with Gasteiger partial charge in [0.15, 0.2) is 0 Å². The van der Waals surface area contributed by atoms with E-state index in [1.165, 1.54) is 35.2 Å². The van der Waals surface area contributed by atoms with E-state index in [0.29, 0.717) is 5.88 Å². The molecule has 0 fully saturated rings. The molecule has 0 aromatic heterocycles. The first-order chi connectivity index (χ1) is 9.38. The topological polar surface area (TPSA) is 3.24 Å². The molecular formula is C17H18ClN. The van der Waals surface area contributed by atoms with Crippen LogP contribution in [0.2, 0.25) is 0 Å². The van der Waals surface area contributed by atoms with Crippen LogP contribution in [0.1, 0.15) is 23.1 Å². The molecule has 0 aliphatic carbocycles. The largest absolute Gasteiger partial charge is 0.367 e. The molecule has 1 aliphatic rings. The summed E-state index contributed by atoms with van der Waals surface area (Å²) in [5.74, 6) is 0.578. The molecule has 1 nitrogen and oxygen atoms in total. The molecular weight excluding hydrogens is 254 g/mol. The van der Waals surface area contributed by atoms with Crippen molar-refractivity contribution in [1.29, 1.82) is 0 Å². The van der Waals surface area contributed by atoms with E-state index in [9.17, 15) is 0 Å². The van der Waals surface area contributed by atoms with Gasteiger partial charge in [-0.2, -0.15) is 0 Å². The lowest BCUT2D eigenvalue weighted by molar-refractivity contribution is 0.763. The maximum atomic E-state index is 6.07. The molecule has 1 aliphatic heterocycles. The van der Waals surface area contributed by atoms with Gasteiger partial charge in [-0.05, 0) is 35.6 Å². The Morgan fingerprint density at radius 3 is 2.53 bits per heavy atom. The predicted molar refractivity (Wildman–Crippen MR) is 81.8 cm³/mol. The average Bonchev–Trinajstić information content (AvgIpc) is 2.69. The van der Waals surface area contributed by atoms with Gasteiger partial charge in [0.2, 0.25) is 0 Å². The summed E-state index contributed by atoms with van der Waals surface area (Å²) in [5.41, 5.74) is 5.45. The molecule has 0 radical (unpaired) electrons. The van der Waals surface area contributed by atoms with Crippen LogP contribution in [0, 0.1) is 0 Å². The molecule has 2 aromatic carbocycles. The number of benzene rings is 2. The summed E-state index contributed by atoms with van der Waals surface area (Å²) in [5, 5.41) is 0. The average molecular weight is 272 g/mol. The maximum absolute atomic E-state index is 6.07. The zero-order valence-electron chi connectivity index (χ0n) is 11.0. The fraction of sp³-hybridized carbons (Fsp3) is 0.294. The van der Waals surface area contributed by atoms with Crippen molar-refractivity contribution in [3.63, 3.8) is 0 Å². The Bertz CT molecular complexity index is 565. The van der Waals surface area contributed by atoms with Crippen LogP contribution in [0.4, 0.5) is 5.69 Å². The third kappa shape index (κ3) is 2.62. The van der Waals surface area contributed by atoms with Gasteiger partial charge in [-0.15, -0.1) is 11.6 Å². The number of anilines is 1. The maximum Gasteiger partial charge on any atom is 0.0494 e. The molecule has 0 saturated carbocycles. The van der Waals surface area contributed by atoms with Crippen LogP contribution in [0.3, 0.4) is 0 Å². The first-order valence-electron chi connectivity index (χ1n) is 6.84. The highest BCUT2D eigenvalue weighted by Crippen LogP contribution is 2.27. The van der Waals surface area contributed by atoms with Crippen molar-refractivity contribution in [2.45, 2.75) is 25.3 Å². The standard InChI is InChI=1S/C17H18ClN/c18-12-15-7-3-4-10-17(15)19-11-5-9-14-6-1-2-8-16(14)13-19/h1-4,6-8,10H,5,9,11-13H2. The highest BCUT2D eigenvalue weighted by Gasteiger charge is 2.16. The number of nitrogens with zero attached hydrogens (tertiary/aromatic N) is 1. The van der Waals surface area contributed by atoms with E-state index < -0.39 is 0 Å². The van der Waals surface area contributed by atoms with Crippen molar-refractivity contribution < 1.29 is 0 Å². The second-order valence-electron chi connectivity index (χ2n) is 5.06. The van der Waals surface area contributed by atoms with Crippen molar-refractivity contribution in [2.24, 2.45) is 0 Å². The van der Waals surface area contributed by atoms with Crippen molar-refractivity contribution in [1.82, 2.24) is 0 Å². The third-order valence-corrected chi connectivity index (χ3v) is 4.12. The number of halogens is 1. The van der Waals surface area contributed by atoms with Crippen LogP contribution in [0.25, 0.3) is 0 Å². The first kappa shape index (κ1) is 12.6. The van der Waals surface area contributed by atoms with Gasteiger partial charge < -0.3 is 4.90 Å². The number of aryl methyl sites for hydroxylation is 1. The minimum Gasteiger partial charge on any atom is -0.367 e. The molecule has 3 rings (SSSR count). The fourth-order valence-corrected chi connectivity index (χ4v) is 3.06. The monoisotopic (exact) mass is 271 g/mol. The van der Waals surface area contributed by atoms with Gasteiger partial charge in [0.1, 0.15) is 0 Å². The van der Waals surface area contributed by atoms with Gasteiger partial charge >= 0.3 is 0 Å². The summed E-state index contributed by atoms with van der Waals surface area (Å²) in [7, 11) is 0. The second kappa shape index (κ2) is 5.66. The SMILES string of the molecule is ClCc1ccccc1N1CCCc2ccccc2C1. The van der Waals surface area contributed by atoms with Crippen molar-refractivity contribution >= 4 is 17.3 Å². The molecule has 19 heavy (non-hydrogen) atoms. The zero-order valence-corrected chi connectivity index (χ0v) is 11.7. The summed E-state index contributed by atoms with van der Waals surface area (Å²) in [4.78, 5) is 2.46. The van der Waals surface area contributed by atoms with E-state index in [4.69, 9.17) is 11.6 Å². The molecule has 1 heterocycles. The van der Waals surface area contributed by atoms with E-state index in [2.05, 4.69) is 53.4 Å². The van der Waals surface area contributed by atoms with E-state index in [-0.39, 0.29) is 0 Å². The Hall–Kier alpha value is -1.47. The quantitative estimate of drug-likeness (QED) is 0.733. The molecule has 0 spiro atoms. The summed E-state index contributed by atoms with van der Waals surface area (Å²) < 4.78 is 0. The predicted octanol–water partition coefficient (Wildman–Crippen LogP) is 4.38. The molecule has 0 amide bonds. The molecule has 2 aromatic rings. The van der Waals surface area contributed by atoms with E-state index in [0.717, 1.165) is 13.1 Å². The molecule has 0 saturated heterocycles. The summed E-state index contributed by atoms with van der Waals surface area (Å²) in [6.45, 7) is 2.09. The number of rotatable bonds is 2. The van der Waals surface area contributed by atoms with Gasteiger partial charge in [0, 0.05) is 24.7 Å². The second-order valence-corrected chi connectivity index (χ2v) is 5.32. The number of hydrogen-bond donors (Lipinski definition) is 0. The number of alkyl halides is 1. The smallest absolute Gasteiger partial charge is 0.0494 e. The van der Waals surface area contributed by atoms with Gasteiger partial charge in [-0.25, -0.2) is 0 Å². The van der Waals surface area contributed by atoms with E-state index in [1.807, 2.05) is 0 Å². The third-order valence-electron chi connectivity index (χ3n) is 3.83. The van der Waals surface area contributed by atoms with Gasteiger partial charge in [0.05, 0.1) is 0 Å². The van der Waals surface area contributed by atoms with Crippen LogP contribution >= 0.6 is 11.6 Å². The summed E-state index contributed by atoms with van der Waals surface area (Å²) in [6.07, 6.45) is 2.38. The van der Waals surface area contributed by atoms with Crippen LogP contribution in [-0.2, 0) is 18.8 Å². The molecule has 98 valence electrons. The van der Waals surface area contributed by atoms with Crippen LogP contribution in [-0.4, -0.2) is 6.54 Å². The molecule has 0 atom stereocenters. The Morgan fingerprint density at radius 2 is 1.68 bits per heavy atom. The van der Waals surface area contributed by atoms with Crippen LogP contribution in [0.15, 0.2) is 48.5 Å². The lowest BCUT2D eigenvalue weighted by Gasteiger charge is -2.25. The van der Waals surface area contributed by atoms with Crippen LogP contribution < -0.4 is 4.90 Å². The summed E-state index contributed by atoms with van der Waals surface area (Å²) >= 11 is 6.07. The molecule has 0 unspecified atom stereocenters. The minimum atomic E-state index is 0.578. The zero-order chi connectivity index (χ0) is 13.1. The lowest BCUT2D eigenvalue weighted by Crippen LogP contribution is -2.23. The number of hydrogen-bond acceptors (Lipinski definition) is 1. The lowest BCUT2D eigenvalue weighted by atomic mass is 10.0. The number of para-hydroxylation sites is 1. The highest BCUT2D eigenvalue weighted by atomic mass is 35.5.